The molecule has 0 spiro atoms. The number of fused-ring (bicyclic) bond motifs is 1. The third-order valence-corrected chi connectivity index (χ3v) is 4.81. The molecule has 28 heavy (non-hydrogen) atoms. The molecule has 5 nitrogen and oxygen atoms in total. The first-order valence-corrected chi connectivity index (χ1v) is 9.29. The molecule has 1 aliphatic rings. The molecule has 1 heterocycles. The van der Waals surface area contributed by atoms with Crippen molar-refractivity contribution >= 4 is 11.9 Å². The third kappa shape index (κ3) is 4.57. The van der Waals surface area contributed by atoms with Crippen molar-refractivity contribution in [2.45, 2.75) is 25.8 Å². The Morgan fingerprint density at radius 1 is 1.18 bits per heavy atom. The zero-order chi connectivity index (χ0) is 20.1. The number of benzene rings is 2. The summed E-state index contributed by atoms with van der Waals surface area (Å²) in [6, 6.07) is 13.7. The zero-order valence-corrected chi connectivity index (χ0v) is 15.9. The number of hydrogen-bond acceptors (Lipinski definition) is 2. The summed E-state index contributed by atoms with van der Waals surface area (Å²) in [5.41, 5.74) is 3.62. The first-order valence-electron chi connectivity index (χ1n) is 9.29. The minimum atomic E-state index is -0.310. The molecule has 1 atom stereocenters. The van der Waals surface area contributed by atoms with Crippen LogP contribution >= 0.6 is 0 Å². The van der Waals surface area contributed by atoms with E-state index in [0.29, 0.717) is 25.2 Å². The van der Waals surface area contributed by atoms with Crippen LogP contribution in [0.5, 0.6) is 0 Å². The molecule has 0 saturated carbocycles. The van der Waals surface area contributed by atoms with Gasteiger partial charge in [0.15, 0.2) is 0 Å². The number of amides is 3. The molecular weight excluding hydrogens is 357 g/mol. The van der Waals surface area contributed by atoms with Gasteiger partial charge in [0.1, 0.15) is 5.82 Å². The van der Waals surface area contributed by atoms with Crippen LogP contribution in [-0.2, 0) is 11.2 Å². The van der Waals surface area contributed by atoms with Gasteiger partial charge in [-0.1, -0.05) is 43.0 Å². The fourth-order valence-corrected chi connectivity index (χ4v) is 3.46. The summed E-state index contributed by atoms with van der Waals surface area (Å²) in [6.45, 7) is 6.29. The zero-order valence-electron chi connectivity index (χ0n) is 15.9. The molecule has 0 bridgehead atoms. The van der Waals surface area contributed by atoms with E-state index >= 15 is 0 Å². The molecule has 2 aromatic rings. The van der Waals surface area contributed by atoms with Crippen LogP contribution in [0.25, 0.3) is 0 Å². The molecular formula is C22H24FN3O2. The molecule has 6 heteroatoms. The number of urea groups is 1. The highest BCUT2D eigenvalue weighted by Gasteiger charge is 2.32. The fraction of sp³-hybridized carbons (Fsp3) is 0.273. The van der Waals surface area contributed by atoms with Crippen molar-refractivity contribution in [2.24, 2.45) is 0 Å². The molecule has 0 aromatic heterocycles. The number of hydrogen-bond donors (Lipinski definition) is 2. The van der Waals surface area contributed by atoms with E-state index in [2.05, 4.69) is 23.3 Å². The summed E-state index contributed by atoms with van der Waals surface area (Å²) in [4.78, 5) is 25.7. The van der Waals surface area contributed by atoms with Crippen LogP contribution in [0.4, 0.5) is 9.18 Å². The van der Waals surface area contributed by atoms with Crippen LogP contribution in [0.2, 0.25) is 0 Å². The second kappa shape index (κ2) is 8.69. The summed E-state index contributed by atoms with van der Waals surface area (Å²) >= 11 is 0. The van der Waals surface area contributed by atoms with Crippen molar-refractivity contribution in [1.82, 2.24) is 15.5 Å². The molecule has 0 fully saturated rings. The quantitative estimate of drug-likeness (QED) is 0.832. The average Bonchev–Trinajstić information content (AvgIpc) is 2.67. The Morgan fingerprint density at radius 3 is 2.61 bits per heavy atom. The minimum Gasteiger partial charge on any atom is -0.356 e. The van der Waals surface area contributed by atoms with Crippen molar-refractivity contribution in [1.29, 1.82) is 0 Å². The Labute approximate surface area is 164 Å². The molecule has 2 N–H and O–H groups in total. The van der Waals surface area contributed by atoms with Gasteiger partial charge in [0.2, 0.25) is 5.91 Å². The van der Waals surface area contributed by atoms with Crippen LogP contribution in [0, 0.1) is 5.82 Å². The third-order valence-electron chi connectivity index (χ3n) is 4.81. The van der Waals surface area contributed by atoms with Gasteiger partial charge < -0.3 is 15.5 Å². The van der Waals surface area contributed by atoms with Gasteiger partial charge >= 0.3 is 6.03 Å². The van der Waals surface area contributed by atoms with Gasteiger partial charge in [0.05, 0.1) is 6.04 Å². The first-order chi connectivity index (χ1) is 13.5. The van der Waals surface area contributed by atoms with Crippen LogP contribution in [-0.4, -0.2) is 29.9 Å². The SMILES string of the molecule is C=C(CCNC(C)=O)NC(=O)N1CCc2ccccc2[C@@H]1c1ccc(F)cc1. The first kappa shape index (κ1) is 19.6. The van der Waals surface area contributed by atoms with Crippen LogP contribution in [0.15, 0.2) is 60.8 Å². The topological polar surface area (TPSA) is 61.4 Å². The monoisotopic (exact) mass is 381 g/mol. The van der Waals surface area contributed by atoms with E-state index in [1.165, 1.54) is 24.6 Å². The molecule has 2 aromatic carbocycles. The number of carbonyl (C=O) groups excluding carboxylic acids is 2. The van der Waals surface area contributed by atoms with E-state index in [-0.39, 0.29) is 23.8 Å². The lowest BCUT2D eigenvalue weighted by Gasteiger charge is -2.37. The van der Waals surface area contributed by atoms with Crippen LogP contribution < -0.4 is 10.6 Å². The second-order valence-electron chi connectivity index (χ2n) is 6.86. The highest BCUT2D eigenvalue weighted by atomic mass is 19.1. The number of rotatable bonds is 5. The Morgan fingerprint density at radius 2 is 1.89 bits per heavy atom. The summed E-state index contributed by atoms with van der Waals surface area (Å²) < 4.78 is 13.4. The minimum absolute atomic E-state index is 0.122. The van der Waals surface area contributed by atoms with E-state index in [1.54, 1.807) is 17.0 Å². The van der Waals surface area contributed by atoms with Crippen LogP contribution in [0.1, 0.15) is 36.1 Å². The molecule has 3 rings (SSSR count). The highest BCUT2D eigenvalue weighted by Crippen LogP contribution is 2.35. The Kier molecular flexibility index (Phi) is 6.09. The molecule has 0 unspecified atom stereocenters. The number of halogens is 1. The maximum Gasteiger partial charge on any atom is 0.322 e. The number of nitrogens with zero attached hydrogens (tertiary/aromatic N) is 1. The Bertz CT molecular complexity index is 880. The number of carbonyl (C=O) groups is 2. The maximum absolute atomic E-state index is 13.4. The van der Waals surface area contributed by atoms with Gasteiger partial charge in [-0.15, -0.1) is 0 Å². The fourth-order valence-electron chi connectivity index (χ4n) is 3.46. The van der Waals surface area contributed by atoms with Gasteiger partial charge in [-0.25, -0.2) is 9.18 Å². The van der Waals surface area contributed by atoms with Gasteiger partial charge in [-0.3, -0.25) is 4.79 Å². The normalized spacial score (nSPS) is 15.5. The summed E-state index contributed by atoms with van der Waals surface area (Å²) in [6.07, 6.45) is 1.20. The standard InChI is InChI=1S/C22H24FN3O2/c1-15(11-13-24-16(2)27)25-22(28)26-14-12-17-5-3-4-6-20(17)21(26)18-7-9-19(23)10-8-18/h3-10,21H,1,11-14H2,2H3,(H,24,27)(H,25,28)/t21-/m0/s1. The summed E-state index contributed by atoms with van der Waals surface area (Å²) in [7, 11) is 0. The predicted octanol–water partition coefficient (Wildman–Crippen LogP) is 3.52. The van der Waals surface area contributed by atoms with Gasteiger partial charge in [0.25, 0.3) is 0 Å². The van der Waals surface area contributed by atoms with Crippen molar-refractivity contribution < 1.29 is 14.0 Å². The summed E-state index contributed by atoms with van der Waals surface area (Å²) in [5, 5.41) is 5.51. The van der Waals surface area contributed by atoms with Crippen molar-refractivity contribution in [3.05, 3.63) is 83.3 Å². The van der Waals surface area contributed by atoms with E-state index in [0.717, 1.165) is 17.5 Å². The average molecular weight is 381 g/mol. The van der Waals surface area contributed by atoms with E-state index in [9.17, 15) is 14.0 Å². The lowest BCUT2D eigenvalue weighted by atomic mass is 9.88. The lowest BCUT2D eigenvalue weighted by molar-refractivity contribution is -0.118. The number of nitrogens with one attached hydrogen (secondary N) is 2. The smallest absolute Gasteiger partial charge is 0.322 e. The van der Waals surface area contributed by atoms with E-state index in [1.807, 2.05) is 18.2 Å². The van der Waals surface area contributed by atoms with Gasteiger partial charge in [-0.05, 0) is 35.2 Å². The lowest BCUT2D eigenvalue weighted by Crippen LogP contribution is -2.45. The maximum atomic E-state index is 13.4. The molecule has 146 valence electrons. The predicted molar refractivity (Wildman–Crippen MR) is 106 cm³/mol. The van der Waals surface area contributed by atoms with E-state index < -0.39 is 0 Å². The molecule has 0 radical (unpaired) electrons. The van der Waals surface area contributed by atoms with Crippen molar-refractivity contribution in [3.8, 4) is 0 Å². The van der Waals surface area contributed by atoms with Gasteiger partial charge in [-0.2, -0.15) is 0 Å². The molecule has 0 saturated heterocycles. The van der Waals surface area contributed by atoms with Crippen molar-refractivity contribution in [3.63, 3.8) is 0 Å². The van der Waals surface area contributed by atoms with E-state index in [4.69, 9.17) is 0 Å². The molecule has 1 aliphatic heterocycles. The molecule has 3 amide bonds. The highest BCUT2D eigenvalue weighted by molar-refractivity contribution is 5.77. The van der Waals surface area contributed by atoms with Crippen molar-refractivity contribution in [2.75, 3.05) is 13.1 Å². The summed E-state index contributed by atoms with van der Waals surface area (Å²) in [5.74, 6) is -0.432. The van der Waals surface area contributed by atoms with Gasteiger partial charge in [0, 0.05) is 32.1 Å². The Hall–Kier alpha value is -3.15. The molecule has 0 aliphatic carbocycles. The van der Waals surface area contributed by atoms with Crippen LogP contribution in [0.3, 0.4) is 0 Å². The largest absolute Gasteiger partial charge is 0.356 e. The Balaban J connectivity index is 1.80. The second-order valence-corrected chi connectivity index (χ2v) is 6.86.